The molecule has 0 bridgehead atoms. The van der Waals surface area contributed by atoms with Crippen LogP contribution in [0.4, 0.5) is 4.79 Å². The van der Waals surface area contributed by atoms with Crippen molar-refractivity contribution >= 4 is 17.0 Å². The number of ether oxygens (including phenoxy) is 2. The zero-order valence-corrected chi connectivity index (χ0v) is 17.6. The number of aryl methyl sites for hydroxylation is 1. The summed E-state index contributed by atoms with van der Waals surface area (Å²) in [5.41, 5.74) is 1.36. The maximum Gasteiger partial charge on any atom is 0.412 e. The number of hydrogen-bond acceptors (Lipinski definition) is 5. The number of hydrogen-bond donors (Lipinski definition) is 1. The van der Waals surface area contributed by atoms with E-state index in [0.29, 0.717) is 29.7 Å². The number of rotatable bonds is 8. The van der Waals surface area contributed by atoms with E-state index < -0.39 is 6.09 Å². The van der Waals surface area contributed by atoms with Crippen LogP contribution in [0.1, 0.15) is 38.1 Å². The van der Waals surface area contributed by atoms with E-state index in [1.165, 1.54) is 0 Å². The Morgan fingerprint density at radius 1 is 1.13 bits per heavy atom. The van der Waals surface area contributed by atoms with Crippen LogP contribution in [-0.4, -0.2) is 22.8 Å². The lowest BCUT2D eigenvalue weighted by molar-refractivity contribution is 0.200. The molecule has 0 saturated carbocycles. The van der Waals surface area contributed by atoms with Gasteiger partial charge in [-0.3, -0.25) is 9.36 Å². The minimum Gasteiger partial charge on any atom is -0.497 e. The van der Waals surface area contributed by atoms with Gasteiger partial charge in [0.25, 0.3) is 5.56 Å². The van der Waals surface area contributed by atoms with Gasteiger partial charge in [0.2, 0.25) is 0 Å². The van der Waals surface area contributed by atoms with E-state index in [2.05, 4.69) is 17.2 Å². The fraction of sp³-hybridized carbons (Fsp3) is 0.348. The molecule has 1 heterocycles. The molecule has 0 radical (unpaired) electrons. The predicted octanol–water partition coefficient (Wildman–Crippen LogP) is 4.06. The maximum atomic E-state index is 12.8. The molecule has 0 spiro atoms. The standard InChI is InChI=1S/C23H27N3O4/c1-4-6-10-21-25-20-14-18(11-12-19(20)22(27)26(21)5-2)30-23(28)24-15-16-8-7-9-17(13-16)29-3/h7-9,11-14H,4-6,10,15H2,1-3H3,(H,24,28). The van der Waals surface area contributed by atoms with Crippen LogP contribution in [0.25, 0.3) is 10.9 Å². The van der Waals surface area contributed by atoms with Crippen LogP contribution < -0.4 is 20.3 Å². The fourth-order valence-electron chi connectivity index (χ4n) is 3.26. The largest absolute Gasteiger partial charge is 0.497 e. The zero-order chi connectivity index (χ0) is 21.5. The number of nitrogens with zero attached hydrogens (tertiary/aromatic N) is 2. The molecule has 7 nitrogen and oxygen atoms in total. The Morgan fingerprint density at radius 3 is 2.70 bits per heavy atom. The summed E-state index contributed by atoms with van der Waals surface area (Å²) in [6.07, 6.45) is 2.14. The number of nitrogens with one attached hydrogen (secondary N) is 1. The lowest BCUT2D eigenvalue weighted by Gasteiger charge is -2.12. The second-order valence-electron chi connectivity index (χ2n) is 6.95. The molecule has 1 aromatic heterocycles. The van der Waals surface area contributed by atoms with Gasteiger partial charge in [-0.05, 0) is 43.2 Å². The van der Waals surface area contributed by atoms with E-state index in [4.69, 9.17) is 9.47 Å². The number of amides is 1. The van der Waals surface area contributed by atoms with Crippen molar-refractivity contribution in [2.75, 3.05) is 7.11 Å². The van der Waals surface area contributed by atoms with Crippen LogP contribution in [0.2, 0.25) is 0 Å². The van der Waals surface area contributed by atoms with Crippen LogP contribution in [0.3, 0.4) is 0 Å². The fourth-order valence-corrected chi connectivity index (χ4v) is 3.26. The molecule has 0 unspecified atom stereocenters. The summed E-state index contributed by atoms with van der Waals surface area (Å²) in [5.74, 6) is 1.82. The molecule has 1 N–H and O–H groups in total. The molecule has 30 heavy (non-hydrogen) atoms. The SMILES string of the molecule is CCCCc1nc2cc(OC(=O)NCc3cccc(OC)c3)ccc2c(=O)n1CC. The summed E-state index contributed by atoms with van der Waals surface area (Å²) in [4.78, 5) is 29.6. The van der Waals surface area contributed by atoms with E-state index in [1.807, 2.05) is 31.2 Å². The van der Waals surface area contributed by atoms with Gasteiger partial charge in [0.15, 0.2) is 0 Å². The minimum absolute atomic E-state index is 0.0670. The van der Waals surface area contributed by atoms with Gasteiger partial charge in [-0.15, -0.1) is 0 Å². The van der Waals surface area contributed by atoms with Gasteiger partial charge >= 0.3 is 6.09 Å². The molecule has 3 aromatic rings. The van der Waals surface area contributed by atoms with Crippen molar-refractivity contribution in [1.82, 2.24) is 14.9 Å². The topological polar surface area (TPSA) is 82.5 Å². The Labute approximate surface area is 175 Å². The van der Waals surface area contributed by atoms with Crippen molar-refractivity contribution in [3.63, 3.8) is 0 Å². The van der Waals surface area contributed by atoms with Gasteiger partial charge in [0.1, 0.15) is 17.3 Å². The van der Waals surface area contributed by atoms with Crippen LogP contribution in [-0.2, 0) is 19.5 Å². The molecule has 0 aliphatic carbocycles. The Balaban J connectivity index is 1.75. The van der Waals surface area contributed by atoms with Crippen molar-refractivity contribution in [2.24, 2.45) is 0 Å². The highest BCUT2D eigenvalue weighted by atomic mass is 16.6. The summed E-state index contributed by atoms with van der Waals surface area (Å²) in [7, 11) is 1.59. The molecule has 0 saturated heterocycles. The first kappa shape index (κ1) is 21.4. The number of unbranched alkanes of at least 4 members (excludes halogenated alkanes) is 1. The lowest BCUT2D eigenvalue weighted by atomic mass is 10.2. The monoisotopic (exact) mass is 409 g/mol. The van der Waals surface area contributed by atoms with Crippen molar-refractivity contribution in [1.29, 1.82) is 0 Å². The molecule has 0 atom stereocenters. The Hall–Kier alpha value is -3.35. The first-order valence-corrected chi connectivity index (χ1v) is 10.2. The molecule has 2 aromatic carbocycles. The Bertz CT molecular complexity index is 1090. The van der Waals surface area contributed by atoms with Gasteiger partial charge < -0.3 is 14.8 Å². The third-order valence-corrected chi connectivity index (χ3v) is 4.86. The highest BCUT2D eigenvalue weighted by Crippen LogP contribution is 2.19. The average Bonchev–Trinajstić information content (AvgIpc) is 2.76. The highest BCUT2D eigenvalue weighted by molar-refractivity contribution is 5.80. The van der Waals surface area contributed by atoms with Crippen molar-refractivity contribution in [3.8, 4) is 11.5 Å². The highest BCUT2D eigenvalue weighted by Gasteiger charge is 2.12. The first-order valence-electron chi connectivity index (χ1n) is 10.2. The van der Waals surface area contributed by atoms with E-state index >= 15 is 0 Å². The van der Waals surface area contributed by atoms with Gasteiger partial charge in [-0.2, -0.15) is 0 Å². The van der Waals surface area contributed by atoms with E-state index in [9.17, 15) is 9.59 Å². The quantitative estimate of drug-likeness (QED) is 0.607. The number of aromatic nitrogens is 2. The summed E-state index contributed by atoms with van der Waals surface area (Å²) in [5, 5.41) is 3.23. The summed E-state index contributed by atoms with van der Waals surface area (Å²) >= 11 is 0. The van der Waals surface area contributed by atoms with Crippen LogP contribution in [0.5, 0.6) is 11.5 Å². The summed E-state index contributed by atoms with van der Waals surface area (Å²) < 4.78 is 12.3. The van der Waals surface area contributed by atoms with E-state index in [1.54, 1.807) is 29.9 Å². The van der Waals surface area contributed by atoms with Crippen molar-refractivity contribution in [2.45, 2.75) is 46.2 Å². The van der Waals surface area contributed by atoms with Gasteiger partial charge in [0.05, 0.1) is 18.0 Å². The third kappa shape index (κ3) is 4.97. The molecule has 0 fully saturated rings. The maximum absolute atomic E-state index is 12.8. The smallest absolute Gasteiger partial charge is 0.412 e. The molecule has 7 heteroatoms. The zero-order valence-electron chi connectivity index (χ0n) is 17.6. The number of benzene rings is 2. The van der Waals surface area contributed by atoms with Gasteiger partial charge in [0, 0.05) is 25.6 Å². The Kier molecular flexibility index (Phi) is 7.06. The van der Waals surface area contributed by atoms with E-state index in [-0.39, 0.29) is 5.56 Å². The molecule has 0 aliphatic rings. The van der Waals surface area contributed by atoms with Crippen LogP contribution in [0, 0.1) is 0 Å². The first-order chi connectivity index (χ1) is 14.5. The average molecular weight is 409 g/mol. The van der Waals surface area contributed by atoms with Crippen LogP contribution >= 0.6 is 0 Å². The van der Waals surface area contributed by atoms with Crippen LogP contribution in [0.15, 0.2) is 47.3 Å². The third-order valence-electron chi connectivity index (χ3n) is 4.86. The van der Waals surface area contributed by atoms with Gasteiger partial charge in [-0.1, -0.05) is 25.5 Å². The van der Waals surface area contributed by atoms with Crippen molar-refractivity contribution in [3.05, 3.63) is 64.2 Å². The molecule has 158 valence electrons. The molecular weight excluding hydrogens is 382 g/mol. The lowest BCUT2D eigenvalue weighted by Crippen LogP contribution is -2.26. The molecular formula is C23H27N3O4. The van der Waals surface area contributed by atoms with Gasteiger partial charge in [-0.25, -0.2) is 9.78 Å². The summed E-state index contributed by atoms with van der Waals surface area (Å²) in [6.45, 7) is 4.93. The normalized spacial score (nSPS) is 10.8. The van der Waals surface area contributed by atoms with E-state index in [0.717, 1.165) is 36.4 Å². The Morgan fingerprint density at radius 2 is 1.97 bits per heavy atom. The number of carbonyl (C=O) groups excluding carboxylic acids is 1. The molecule has 3 rings (SSSR count). The molecule has 1 amide bonds. The number of methoxy groups -OCH3 is 1. The number of fused-ring (bicyclic) bond motifs is 1. The molecule has 0 aliphatic heterocycles. The minimum atomic E-state index is -0.578. The predicted molar refractivity (Wildman–Crippen MR) is 116 cm³/mol. The summed E-state index contributed by atoms with van der Waals surface area (Å²) in [6, 6.07) is 12.3. The van der Waals surface area contributed by atoms with Crippen molar-refractivity contribution < 1.29 is 14.3 Å². The second kappa shape index (κ2) is 9.91. The number of carbonyl (C=O) groups is 1. The second-order valence-corrected chi connectivity index (χ2v) is 6.95.